The molecule has 3 heterocycles. The Morgan fingerprint density at radius 2 is 1.92 bits per heavy atom. The summed E-state index contributed by atoms with van der Waals surface area (Å²) in [6.45, 7) is 11.4. The van der Waals surface area contributed by atoms with Crippen molar-refractivity contribution in [2.75, 3.05) is 31.9 Å². The summed E-state index contributed by atoms with van der Waals surface area (Å²) in [6, 6.07) is 11.3. The fourth-order valence-corrected chi connectivity index (χ4v) is 7.77. The molecule has 7 atom stereocenters. The molecule has 0 unspecified atom stereocenters. The van der Waals surface area contributed by atoms with E-state index in [2.05, 4.69) is 11.9 Å². The van der Waals surface area contributed by atoms with Gasteiger partial charge >= 0.3 is 12.1 Å². The number of amides is 2. The minimum Gasteiger partial charge on any atom is -0.495 e. The molecule has 3 aliphatic heterocycles. The van der Waals surface area contributed by atoms with Gasteiger partial charge in [-0.25, -0.2) is 4.79 Å². The Hall–Kier alpha value is -3.81. The van der Waals surface area contributed by atoms with Gasteiger partial charge in [-0.05, 0) is 62.6 Å². The summed E-state index contributed by atoms with van der Waals surface area (Å²) in [7, 11) is 4.57. The van der Waals surface area contributed by atoms with Gasteiger partial charge in [0.05, 0.1) is 31.1 Å². The van der Waals surface area contributed by atoms with Crippen molar-refractivity contribution in [2.45, 2.75) is 87.6 Å². The van der Waals surface area contributed by atoms with E-state index >= 15 is 0 Å². The van der Waals surface area contributed by atoms with Gasteiger partial charge in [0, 0.05) is 31.4 Å². The van der Waals surface area contributed by atoms with Crippen molar-refractivity contribution >= 4 is 52.6 Å². The lowest BCUT2D eigenvalue weighted by Crippen LogP contribution is -2.63. The van der Waals surface area contributed by atoms with E-state index in [4.69, 9.17) is 35.3 Å². The van der Waals surface area contributed by atoms with Crippen molar-refractivity contribution in [3.8, 4) is 5.75 Å². The zero-order chi connectivity index (χ0) is 38.0. The molecule has 3 aliphatic rings. The van der Waals surface area contributed by atoms with Crippen molar-refractivity contribution in [3.05, 3.63) is 82.9 Å². The molecule has 0 aromatic heterocycles. The van der Waals surface area contributed by atoms with Crippen molar-refractivity contribution in [3.63, 3.8) is 0 Å². The van der Waals surface area contributed by atoms with Crippen LogP contribution in [-0.2, 0) is 35.0 Å². The normalized spacial score (nSPS) is 30.9. The van der Waals surface area contributed by atoms with Crippen LogP contribution in [-0.4, -0.2) is 85.8 Å². The summed E-state index contributed by atoms with van der Waals surface area (Å²) in [5, 5.41) is 14.5. The van der Waals surface area contributed by atoms with Gasteiger partial charge in [-0.1, -0.05) is 66.6 Å². The Kier molecular flexibility index (Phi) is 12.2. The molecule has 52 heavy (non-hydrogen) atoms. The Balaban J connectivity index is 1.49. The molecule has 0 spiro atoms. The van der Waals surface area contributed by atoms with Gasteiger partial charge in [0.15, 0.2) is 5.72 Å². The number of ether oxygens (including phenoxy) is 5. The van der Waals surface area contributed by atoms with Crippen molar-refractivity contribution in [2.24, 2.45) is 5.92 Å². The molecule has 0 radical (unpaired) electrons. The summed E-state index contributed by atoms with van der Waals surface area (Å²) < 4.78 is 29.2. The van der Waals surface area contributed by atoms with E-state index < -0.39 is 53.7 Å². The monoisotopic (exact) mass is 754 g/mol. The number of thioether (sulfide) groups is 1. The molecule has 2 amide bonds. The Morgan fingerprint density at radius 3 is 2.58 bits per heavy atom. The van der Waals surface area contributed by atoms with E-state index in [0.717, 1.165) is 27.2 Å². The van der Waals surface area contributed by atoms with Crippen molar-refractivity contribution in [1.82, 2.24) is 5.32 Å². The summed E-state index contributed by atoms with van der Waals surface area (Å²) >= 11 is 8.07. The van der Waals surface area contributed by atoms with E-state index in [1.165, 1.54) is 30.9 Å². The number of hydrogen-bond acceptors (Lipinski definition) is 10. The molecule has 280 valence electrons. The number of carbonyl (C=O) groups is 3. The largest absolute Gasteiger partial charge is 0.495 e. The minimum atomic E-state index is -1.79. The number of allylic oxidation sites excluding steroid dienone is 4. The first-order chi connectivity index (χ1) is 24.6. The van der Waals surface area contributed by atoms with Crippen LogP contribution in [0.3, 0.4) is 0 Å². The highest BCUT2D eigenvalue weighted by Crippen LogP contribution is 2.49. The van der Waals surface area contributed by atoms with Gasteiger partial charge in [-0.3, -0.25) is 14.9 Å². The predicted octanol–water partition coefficient (Wildman–Crippen LogP) is 6.49. The number of benzene rings is 2. The average molecular weight is 755 g/mol. The Labute approximate surface area is 314 Å². The van der Waals surface area contributed by atoms with Crippen molar-refractivity contribution in [1.29, 1.82) is 0 Å². The van der Waals surface area contributed by atoms with Crippen LogP contribution >= 0.6 is 23.4 Å². The Bertz CT molecular complexity index is 1760. The van der Waals surface area contributed by atoms with Gasteiger partial charge in [-0.2, -0.15) is 0 Å². The first kappa shape index (κ1) is 39.4. The predicted molar refractivity (Wildman–Crippen MR) is 201 cm³/mol. The third-order valence-corrected chi connectivity index (χ3v) is 11.3. The fourth-order valence-electron chi connectivity index (χ4n) is 6.78. The number of fused-ring (bicyclic) bond motifs is 5. The van der Waals surface area contributed by atoms with E-state index in [-0.39, 0.29) is 29.5 Å². The quantitative estimate of drug-likeness (QED) is 0.183. The highest BCUT2D eigenvalue weighted by atomic mass is 35.5. The van der Waals surface area contributed by atoms with Crippen LogP contribution in [0, 0.1) is 5.92 Å². The first-order valence-corrected chi connectivity index (χ1v) is 18.4. The van der Waals surface area contributed by atoms with Crippen LogP contribution in [0.15, 0.2) is 71.7 Å². The van der Waals surface area contributed by atoms with E-state index in [1.54, 1.807) is 26.1 Å². The fraction of sp³-hybridized carbons (Fsp3) is 0.462. The lowest BCUT2D eigenvalue weighted by molar-refractivity contribution is -0.150. The number of methoxy groups -OCH3 is 2. The number of anilines is 1. The lowest BCUT2D eigenvalue weighted by Gasteiger charge is -2.42. The second-order valence-corrected chi connectivity index (χ2v) is 15.3. The van der Waals surface area contributed by atoms with Gasteiger partial charge in [0.2, 0.25) is 5.91 Å². The number of nitrogens with zero attached hydrogens (tertiary/aromatic N) is 1. The second kappa shape index (κ2) is 16.1. The number of esters is 1. The second-order valence-electron chi connectivity index (χ2n) is 13.9. The standard InChI is InChI=1S/C39H47ClN2O9S/c1-22(2)26-12-14-27(15-13-26)52-21-34(44)50-32-19-33(43)42(6)28-17-25(18-29(47-7)35(28)40)16-23(3)10-9-11-31(48-8)39(46)20-30(49-37(45)41-39)24(4)36-38(32,5)51-36/h9-15,17-18,24,30-32,36,46H,1,16,19-21H2,2-8H3,(H,41,45)/b11-9+,23-10+/t24-,30+,31-,32+,36+,38+,39+/m1/s1. The third-order valence-electron chi connectivity index (χ3n) is 9.93. The van der Waals surface area contributed by atoms with Crippen molar-refractivity contribution < 1.29 is 43.2 Å². The molecule has 4 bridgehead atoms. The number of epoxide rings is 1. The van der Waals surface area contributed by atoms with Gasteiger partial charge in [-0.15, -0.1) is 11.8 Å². The molecule has 2 aromatic rings. The summed E-state index contributed by atoms with van der Waals surface area (Å²) in [5.74, 6) is -0.984. The molecule has 13 heteroatoms. The summed E-state index contributed by atoms with van der Waals surface area (Å²) in [6.07, 6.45) is 1.42. The van der Waals surface area contributed by atoms with E-state index in [9.17, 15) is 19.5 Å². The van der Waals surface area contributed by atoms with Crippen LogP contribution in [0.5, 0.6) is 5.75 Å². The number of nitrogens with one attached hydrogen (secondary N) is 1. The van der Waals surface area contributed by atoms with Gasteiger partial charge in [0.1, 0.15) is 34.7 Å². The van der Waals surface area contributed by atoms with E-state index in [0.29, 0.717) is 17.9 Å². The van der Waals surface area contributed by atoms with Crippen LogP contribution in [0.4, 0.5) is 10.5 Å². The number of carbonyl (C=O) groups excluding carboxylic acids is 3. The topological polar surface area (TPSA) is 136 Å². The maximum atomic E-state index is 14.1. The molecule has 11 nitrogen and oxygen atoms in total. The molecular weight excluding hydrogens is 708 g/mol. The first-order valence-electron chi connectivity index (χ1n) is 17.1. The molecule has 2 saturated heterocycles. The zero-order valence-electron chi connectivity index (χ0n) is 30.6. The zero-order valence-corrected chi connectivity index (χ0v) is 32.1. The van der Waals surface area contributed by atoms with Crippen LogP contribution in [0.2, 0.25) is 5.02 Å². The maximum absolute atomic E-state index is 14.1. The van der Waals surface area contributed by atoms with Gasteiger partial charge < -0.3 is 33.7 Å². The third kappa shape index (κ3) is 8.69. The van der Waals surface area contributed by atoms with Crippen LogP contribution < -0.4 is 15.0 Å². The minimum absolute atomic E-state index is 0.00788. The molecule has 2 aromatic carbocycles. The number of rotatable bonds is 7. The maximum Gasteiger partial charge on any atom is 0.409 e. The molecule has 2 N–H and O–H groups in total. The number of hydrogen-bond donors (Lipinski definition) is 2. The van der Waals surface area contributed by atoms with E-state index in [1.807, 2.05) is 63.2 Å². The number of aliphatic hydroxyl groups is 1. The SMILES string of the molecule is C=C(C)c1ccc(SCC(=O)O[C@H]2CC(=O)N(C)c3cc(cc(OC)c3Cl)C/C(C)=C/C=C/[C@@H](OC)[C@@]3(O)C[C@H](OC(=O)N3)[C@@H](C)[C@@H]3O[C@@]23C)cc1. The van der Waals surface area contributed by atoms with Crippen LogP contribution in [0.1, 0.15) is 51.7 Å². The smallest absolute Gasteiger partial charge is 0.409 e. The van der Waals surface area contributed by atoms with Crippen LogP contribution in [0.25, 0.3) is 5.57 Å². The highest BCUT2D eigenvalue weighted by molar-refractivity contribution is 8.00. The molecule has 5 rings (SSSR count). The highest BCUT2D eigenvalue weighted by Gasteiger charge is 2.64. The average Bonchev–Trinajstić information content (AvgIpc) is 3.80. The summed E-state index contributed by atoms with van der Waals surface area (Å²) in [4.78, 5) is 42.6. The number of alkyl carbamates (subject to hydrolysis) is 1. The molecular formula is C39H47ClN2O9S. The molecule has 0 saturated carbocycles. The Morgan fingerprint density at radius 1 is 1.21 bits per heavy atom. The molecule has 0 aliphatic carbocycles. The van der Waals surface area contributed by atoms with Gasteiger partial charge in [0.25, 0.3) is 0 Å². The molecule has 2 fully saturated rings. The summed E-state index contributed by atoms with van der Waals surface area (Å²) in [5.41, 5.74) is 1.24. The number of halogens is 1. The lowest BCUT2D eigenvalue weighted by atomic mass is 9.83.